The topological polar surface area (TPSA) is 68.8 Å². The van der Waals surface area contributed by atoms with Crippen LogP contribution in [-0.2, 0) is 13.0 Å². The van der Waals surface area contributed by atoms with Gasteiger partial charge < -0.3 is 0 Å². The Morgan fingerprint density at radius 1 is 1.47 bits per heavy atom. The molecule has 3 N–H and O–H groups in total. The molecule has 1 aromatic carbocycles. The number of nitrogens with zero attached hydrogens (tertiary/aromatic N) is 3. The van der Waals surface area contributed by atoms with Gasteiger partial charge in [-0.05, 0) is 31.0 Å². The van der Waals surface area contributed by atoms with Gasteiger partial charge >= 0.3 is 0 Å². The maximum absolute atomic E-state index is 5.69. The SMILES string of the molecule is CCn1ncnc1CC(NN)c1ccc(C)cc1Br. The van der Waals surface area contributed by atoms with Crippen LogP contribution < -0.4 is 11.3 Å². The van der Waals surface area contributed by atoms with Crippen molar-refractivity contribution in [1.29, 1.82) is 0 Å². The number of nitrogens with one attached hydrogen (secondary N) is 1. The second-order valence-electron chi connectivity index (χ2n) is 4.44. The molecule has 0 saturated carbocycles. The zero-order chi connectivity index (χ0) is 13.8. The molecule has 102 valence electrons. The highest BCUT2D eigenvalue weighted by atomic mass is 79.9. The highest BCUT2D eigenvalue weighted by Gasteiger charge is 2.16. The summed E-state index contributed by atoms with van der Waals surface area (Å²) in [5, 5.41) is 4.18. The number of aryl methyl sites for hydroxylation is 2. The Morgan fingerprint density at radius 3 is 2.89 bits per heavy atom. The molecule has 0 fully saturated rings. The van der Waals surface area contributed by atoms with Crippen LogP contribution in [0.5, 0.6) is 0 Å². The second kappa shape index (κ2) is 6.27. The Balaban J connectivity index is 2.25. The Hall–Kier alpha value is -1.24. The maximum Gasteiger partial charge on any atom is 0.138 e. The minimum absolute atomic E-state index is 0.00414. The van der Waals surface area contributed by atoms with Crippen molar-refractivity contribution in [3.63, 3.8) is 0 Å². The number of rotatable bonds is 5. The van der Waals surface area contributed by atoms with E-state index in [0.29, 0.717) is 6.42 Å². The predicted molar refractivity (Wildman–Crippen MR) is 78.3 cm³/mol. The van der Waals surface area contributed by atoms with E-state index in [-0.39, 0.29) is 6.04 Å². The van der Waals surface area contributed by atoms with Crippen LogP contribution >= 0.6 is 15.9 Å². The lowest BCUT2D eigenvalue weighted by Crippen LogP contribution is -2.30. The number of hydrogen-bond donors (Lipinski definition) is 2. The summed E-state index contributed by atoms with van der Waals surface area (Å²) < 4.78 is 2.94. The molecule has 2 rings (SSSR count). The average Bonchev–Trinajstić information content (AvgIpc) is 2.84. The van der Waals surface area contributed by atoms with Crippen molar-refractivity contribution < 1.29 is 0 Å². The fraction of sp³-hybridized carbons (Fsp3) is 0.385. The van der Waals surface area contributed by atoms with Gasteiger partial charge in [-0.25, -0.2) is 4.98 Å². The van der Waals surface area contributed by atoms with Crippen molar-refractivity contribution in [2.24, 2.45) is 5.84 Å². The van der Waals surface area contributed by atoms with Crippen LogP contribution in [-0.4, -0.2) is 14.8 Å². The fourth-order valence-corrected chi connectivity index (χ4v) is 2.84. The molecule has 0 saturated heterocycles. The van der Waals surface area contributed by atoms with Crippen LogP contribution in [0.2, 0.25) is 0 Å². The standard InChI is InChI=1S/C13H18BrN5/c1-3-19-13(16-8-17-19)7-12(18-15)10-5-4-9(2)6-11(10)14/h4-6,8,12,18H,3,7,15H2,1-2H3. The molecule has 1 aromatic heterocycles. The van der Waals surface area contributed by atoms with E-state index in [4.69, 9.17) is 5.84 Å². The minimum atomic E-state index is 0.00414. The molecule has 1 heterocycles. The van der Waals surface area contributed by atoms with E-state index in [1.165, 1.54) is 5.56 Å². The molecule has 19 heavy (non-hydrogen) atoms. The van der Waals surface area contributed by atoms with Gasteiger partial charge in [0.25, 0.3) is 0 Å². The molecule has 6 heteroatoms. The first kappa shape index (κ1) is 14.2. The average molecular weight is 324 g/mol. The smallest absolute Gasteiger partial charge is 0.138 e. The molecule has 1 unspecified atom stereocenters. The lowest BCUT2D eigenvalue weighted by molar-refractivity contribution is 0.509. The highest BCUT2D eigenvalue weighted by molar-refractivity contribution is 9.10. The van der Waals surface area contributed by atoms with Gasteiger partial charge in [-0.15, -0.1) is 0 Å². The van der Waals surface area contributed by atoms with E-state index in [1.54, 1.807) is 6.33 Å². The van der Waals surface area contributed by atoms with Gasteiger partial charge in [0, 0.05) is 17.4 Å². The normalized spacial score (nSPS) is 12.6. The van der Waals surface area contributed by atoms with E-state index in [1.807, 2.05) is 11.6 Å². The van der Waals surface area contributed by atoms with E-state index in [0.717, 1.165) is 22.4 Å². The van der Waals surface area contributed by atoms with Gasteiger partial charge in [0.1, 0.15) is 12.2 Å². The lowest BCUT2D eigenvalue weighted by Gasteiger charge is -2.18. The van der Waals surface area contributed by atoms with Crippen molar-refractivity contribution in [1.82, 2.24) is 20.2 Å². The van der Waals surface area contributed by atoms with E-state index in [9.17, 15) is 0 Å². The summed E-state index contributed by atoms with van der Waals surface area (Å²) in [4.78, 5) is 4.29. The zero-order valence-corrected chi connectivity index (χ0v) is 12.7. The Labute approximate surface area is 121 Å². The molecule has 0 aliphatic carbocycles. The lowest BCUT2D eigenvalue weighted by atomic mass is 10.0. The van der Waals surface area contributed by atoms with Crippen molar-refractivity contribution in [3.8, 4) is 0 Å². The minimum Gasteiger partial charge on any atom is -0.271 e. The van der Waals surface area contributed by atoms with Crippen molar-refractivity contribution in [2.75, 3.05) is 0 Å². The van der Waals surface area contributed by atoms with E-state index >= 15 is 0 Å². The number of hydrazine groups is 1. The molecule has 0 spiro atoms. The zero-order valence-electron chi connectivity index (χ0n) is 11.1. The number of benzene rings is 1. The van der Waals surface area contributed by atoms with Gasteiger partial charge in [0.05, 0.1) is 6.04 Å². The van der Waals surface area contributed by atoms with E-state index < -0.39 is 0 Å². The van der Waals surface area contributed by atoms with Crippen molar-refractivity contribution in [2.45, 2.75) is 32.9 Å². The summed E-state index contributed by atoms with van der Waals surface area (Å²) in [5.41, 5.74) is 5.19. The van der Waals surface area contributed by atoms with Gasteiger partial charge in [-0.2, -0.15) is 5.10 Å². The molecule has 2 aromatic rings. The Kier molecular flexibility index (Phi) is 4.68. The van der Waals surface area contributed by atoms with Crippen LogP contribution in [0.15, 0.2) is 29.0 Å². The maximum atomic E-state index is 5.69. The van der Waals surface area contributed by atoms with Crippen molar-refractivity contribution >= 4 is 15.9 Å². The quantitative estimate of drug-likeness (QED) is 0.653. The predicted octanol–water partition coefficient (Wildman–Crippen LogP) is 2.12. The first-order chi connectivity index (χ1) is 9.15. The van der Waals surface area contributed by atoms with Crippen LogP contribution in [0.1, 0.15) is 29.9 Å². The van der Waals surface area contributed by atoms with Gasteiger partial charge in [-0.3, -0.25) is 16.0 Å². The van der Waals surface area contributed by atoms with Gasteiger partial charge in [0.2, 0.25) is 0 Å². The van der Waals surface area contributed by atoms with E-state index in [2.05, 4.69) is 56.6 Å². The number of hydrogen-bond acceptors (Lipinski definition) is 4. The molecule has 5 nitrogen and oxygen atoms in total. The van der Waals surface area contributed by atoms with Crippen molar-refractivity contribution in [3.05, 3.63) is 46.0 Å². The molecule has 0 aliphatic rings. The Morgan fingerprint density at radius 2 is 2.26 bits per heavy atom. The molecule has 0 amide bonds. The molecule has 0 aliphatic heterocycles. The van der Waals surface area contributed by atoms with Gasteiger partial charge in [0.15, 0.2) is 0 Å². The third-order valence-electron chi connectivity index (χ3n) is 3.11. The third kappa shape index (κ3) is 3.20. The van der Waals surface area contributed by atoms with Crippen LogP contribution in [0.3, 0.4) is 0 Å². The van der Waals surface area contributed by atoms with Gasteiger partial charge in [-0.1, -0.05) is 28.1 Å². The Bertz CT molecular complexity index is 552. The summed E-state index contributed by atoms with van der Waals surface area (Å²) >= 11 is 3.59. The van der Waals surface area contributed by atoms with Crippen LogP contribution in [0.4, 0.5) is 0 Å². The molecular formula is C13H18BrN5. The number of halogens is 1. The monoisotopic (exact) mass is 323 g/mol. The molecule has 0 bridgehead atoms. The molecule has 1 atom stereocenters. The first-order valence-corrected chi connectivity index (χ1v) is 7.03. The second-order valence-corrected chi connectivity index (χ2v) is 5.29. The number of aromatic nitrogens is 3. The summed E-state index contributed by atoms with van der Waals surface area (Å²) in [7, 11) is 0. The fourth-order valence-electron chi connectivity index (χ4n) is 2.07. The molecular weight excluding hydrogens is 306 g/mol. The first-order valence-electron chi connectivity index (χ1n) is 6.24. The number of nitrogens with two attached hydrogens (primary N) is 1. The van der Waals surface area contributed by atoms with Crippen LogP contribution in [0.25, 0.3) is 0 Å². The summed E-state index contributed by atoms with van der Waals surface area (Å²) in [6.45, 7) is 4.92. The summed E-state index contributed by atoms with van der Waals surface area (Å²) in [5.74, 6) is 6.62. The van der Waals surface area contributed by atoms with Crippen LogP contribution in [0, 0.1) is 6.92 Å². The molecule has 0 radical (unpaired) electrons. The summed E-state index contributed by atoms with van der Waals surface area (Å²) in [6, 6.07) is 6.25. The largest absolute Gasteiger partial charge is 0.271 e. The summed E-state index contributed by atoms with van der Waals surface area (Å²) in [6.07, 6.45) is 2.28. The third-order valence-corrected chi connectivity index (χ3v) is 3.80. The highest BCUT2D eigenvalue weighted by Crippen LogP contribution is 2.26.